The Labute approximate surface area is 104 Å². The van der Waals surface area contributed by atoms with Crippen LogP contribution in [0.2, 0.25) is 0 Å². The van der Waals surface area contributed by atoms with Gasteiger partial charge in [-0.2, -0.15) is 0 Å². The van der Waals surface area contributed by atoms with Gasteiger partial charge in [0.1, 0.15) is 6.10 Å². The van der Waals surface area contributed by atoms with Crippen molar-refractivity contribution in [2.45, 2.75) is 19.3 Å². The van der Waals surface area contributed by atoms with Crippen LogP contribution in [0.4, 0.5) is 0 Å². The Morgan fingerprint density at radius 1 is 1.72 bits per heavy atom. The summed E-state index contributed by atoms with van der Waals surface area (Å²) >= 11 is 0. The highest BCUT2D eigenvalue weighted by Crippen LogP contribution is 2.09. The summed E-state index contributed by atoms with van der Waals surface area (Å²) in [6.07, 6.45) is 6.12. The van der Waals surface area contributed by atoms with E-state index in [9.17, 15) is 9.59 Å². The Bertz CT molecular complexity index is 579. The van der Waals surface area contributed by atoms with Gasteiger partial charge in [0.15, 0.2) is 6.23 Å². The maximum Gasteiger partial charge on any atom is 0.330 e. The van der Waals surface area contributed by atoms with Crippen molar-refractivity contribution in [3.63, 3.8) is 0 Å². The molecule has 2 N–H and O–H groups in total. The minimum absolute atomic E-state index is 0.353. The van der Waals surface area contributed by atoms with E-state index in [1.807, 2.05) is 0 Å². The number of ether oxygens (including phenoxy) is 1. The van der Waals surface area contributed by atoms with Gasteiger partial charge in [0.05, 0.1) is 6.61 Å². The molecule has 0 aliphatic carbocycles. The smallest absolute Gasteiger partial charge is 0.330 e. The molecule has 0 aromatic carbocycles. The predicted octanol–water partition coefficient (Wildman–Crippen LogP) is -0.460. The lowest BCUT2D eigenvalue weighted by Crippen LogP contribution is -2.35. The average molecular weight is 250 g/mol. The zero-order valence-electron chi connectivity index (χ0n) is 9.92. The van der Waals surface area contributed by atoms with Crippen LogP contribution in [0.3, 0.4) is 0 Å². The monoisotopic (exact) mass is 250 g/mol. The molecule has 0 bridgehead atoms. The summed E-state index contributed by atoms with van der Waals surface area (Å²) in [7, 11) is 0. The van der Waals surface area contributed by atoms with Crippen LogP contribution in [-0.2, 0) is 4.74 Å². The molecule has 6 nitrogen and oxygen atoms in total. The molecule has 0 aliphatic heterocycles. The number of hydrogen-bond donors (Lipinski definition) is 2. The highest BCUT2D eigenvalue weighted by molar-refractivity contribution is 5.03. The molecule has 0 radical (unpaired) electrons. The van der Waals surface area contributed by atoms with Gasteiger partial charge in [-0.05, 0) is 13.0 Å². The van der Waals surface area contributed by atoms with E-state index in [4.69, 9.17) is 16.3 Å². The number of aromatic nitrogens is 2. The molecule has 0 amide bonds. The Morgan fingerprint density at radius 2 is 2.39 bits per heavy atom. The fraction of sp³-hybridized carbons (Fsp3) is 0.333. The zero-order valence-corrected chi connectivity index (χ0v) is 9.92. The van der Waals surface area contributed by atoms with Gasteiger partial charge in [0.2, 0.25) is 0 Å². The Balaban J connectivity index is 3.14. The number of terminal acetylenes is 1. The van der Waals surface area contributed by atoms with Gasteiger partial charge in [0, 0.05) is 11.8 Å². The first kappa shape index (κ1) is 14.0. The van der Waals surface area contributed by atoms with Gasteiger partial charge in [-0.1, -0.05) is 12.5 Å². The van der Waals surface area contributed by atoms with Crippen LogP contribution >= 0.6 is 0 Å². The lowest BCUT2D eigenvalue weighted by molar-refractivity contribution is -0.0232. The van der Waals surface area contributed by atoms with Crippen molar-refractivity contribution in [3.8, 4) is 12.3 Å². The minimum Gasteiger partial charge on any atom is -0.393 e. The minimum atomic E-state index is -0.860. The summed E-state index contributed by atoms with van der Waals surface area (Å²) in [6.45, 7) is 4.70. The fourth-order valence-electron chi connectivity index (χ4n) is 1.31. The van der Waals surface area contributed by atoms with Gasteiger partial charge < -0.3 is 9.84 Å². The van der Waals surface area contributed by atoms with Crippen molar-refractivity contribution >= 4 is 0 Å². The maximum atomic E-state index is 11.6. The number of hydrogen-bond acceptors (Lipinski definition) is 4. The third-order valence-electron chi connectivity index (χ3n) is 2.28. The number of aryl methyl sites for hydroxylation is 1. The van der Waals surface area contributed by atoms with Gasteiger partial charge in [0.25, 0.3) is 5.56 Å². The topological polar surface area (TPSA) is 84.3 Å². The first-order valence-electron chi connectivity index (χ1n) is 5.20. The van der Waals surface area contributed by atoms with E-state index >= 15 is 0 Å². The normalized spacial score (nSPS) is 13.6. The molecule has 1 aromatic rings. The number of rotatable bonds is 5. The molecular formula is C12H14N2O4. The van der Waals surface area contributed by atoms with Crippen LogP contribution in [-0.4, -0.2) is 27.4 Å². The standard InChI is InChI=1S/C12H14N2O4/c1-4-9(7-15)18-10(5-2)14-6-8(3)11(16)13-12(14)17/h1,5-6,9-10,15H,2,7H2,3H3,(H,13,16,17)/t9?,10-/m1/s1. The molecule has 0 spiro atoms. The second kappa shape index (κ2) is 6.00. The first-order valence-corrected chi connectivity index (χ1v) is 5.20. The highest BCUT2D eigenvalue weighted by atomic mass is 16.5. The van der Waals surface area contributed by atoms with E-state index in [2.05, 4.69) is 17.5 Å². The second-order valence-corrected chi connectivity index (χ2v) is 3.58. The van der Waals surface area contributed by atoms with E-state index in [0.717, 1.165) is 4.57 Å². The summed E-state index contributed by atoms with van der Waals surface area (Å²) in [6, 6.07) is 0. The molecule has 1 rings (SSSR count). The van der Waals surface area contributed by atoms with Gasteiger partial charge >= 0.3 is 5.69 Å². The number of nitrogens with one attached hydrogen (secondary N) is 1. The molecule has 96 valence electrons. The molecule has 18 heavy (non-hydrogen) atoms. The van der Waals surface area contributed by atoms with E-state index < -0.39 is 23.6 Å². The molecule has 6 heteroatoms. The number of H-pyrrole nitrogens is 1. The van der Waals surface area contributed by atoms with Crippen LogP contribution in [0.25, 0.3) is 0 Å². The van der Waals surface area contributed by atoms with E-state index in [-0.39, 0.29) is 6.61 Å². The van der Waals surface area contributed by atoms with Crippen LogP contribution in [0.15, 0.2) is 28.4 Å². The van der Waals surface area contributed by atoms with E-state index in [1.165, 1.54) is 12.3 Å². The molecule has 0 saturated carbocycles. The zero-order chi connectivity index (χ0) is 13.7. The lowest BCUT2D eigenvalue weighted by atomic mass is 10.3. The van der Waals surface area contributed by atoms with E-state index in [0.29, 0.717) is 5.56 Å². The Hall–Kier alpha value is -2.10. The molecule has 0 aliphatic rings. The molecular weight excluding hydrogens is 236 g/mol. The summed E-state index contributed by atoms with van der Waals surface area (Å²) in [5.41, 5.74) is -0.745. The third-order valence-corrected chi connectivity index (χ3v) is 2.28. The SMILES string of the molecule is C#CC(CO)O[C@H](C=C)n1cc(C)c(=O)[nH]c1=O. The second-order valence-electron chi connectivity index (χ2n) is 3.58. The number of aliphatic hydroxyl groups excluding tert-OH is 1. The van der Waals surface area contributed by atoms with E-state index in [1.54, 1.807) is 6.92 Å². The van der Waals surface area contributed by atoms with Crippen molar-refractivity contribution in [1.29, 1.82) is 0 Å². The molecule has 1 aromatic heterocycles. The Kier molecular flexibility index (Phi) is 4.66. The van der Waals surface area contributed by atoms with Crippen molar-refractivity contribution in [1.82, 2.24) is 9.55 Å². The van der Waals surface area contributed by atoms with Gasteiger partial charge in [-0.3, -0.25) is 14.3 Å². The van der Waals surface area contributed by atoms with Gasteiger partial charge in [-0.15, -0.1) is 6.42 Å². The molecule has 2 atom stereocenters. The van der Waals surface area contributed by atoms with Crippen molar-refractivity contribution in [2.24, 2.45) is 0 Å². The number of aliphatic hydroxyl groups is 1. The highest BCUT2D eigenvalue weighted by Gasteiger charge is 2.15. The lowest BCUT2D eigenvalue weighted by Gasteiger charge is -2.19. The van der Waals surface area contributed by atoms with Crippen LogP contribution < -0.4 is 11.2 Å². The van der Waals surface area contributed by atoms with Crippen LogP contribution in [0.1, 0.15) is 11.8 Å². The molecule has 0 saturated heterocycles. The van der Waals surface area contributed by atoms with Crippen LogP contribution in [0.5, 0.6) is 0 Å². The molecule has 1 heterocycles. The number of aromatic amines is 1. The average Bonchev–Trinajstić information content (AvgIpc) is 2.36. The predicted molar refractivity (Wildman–Crippen MR) is 66.1 cm³/mol. The van der Waals surface area contributed by atoms with Crippen molar-refractivity contribution < 1.29 is 9.84 Å². The number of nitrogens with zero attached hydrogens (tertiary/aromatic N) is 1. The van der Waals surface area contributed by atoms with Crippen molar-refractivity contribution in [2.75, 3.05) is 6.61 Å². The fourth-order valence-corrected chi connectivity index (χ4v) is 1.31. The maximum absolute atomic E-state index is 11.6. The van der Waals surface area contributed by atoms with Crippen LogP contribution in [0, 0.1) is 19.3 Å². The summed E-state index contributed by atoms with van der Waals surface area (Å²) in [5, 5.41) is 8.94. The first-order chi connectivity index (χ1) is 8.53. The quantitative estimate of drug-likeness (QED) is 0.547. The van der Waals surface area contributed by atoms with Crippen molar-refractivity contribution in [3.05, 3.63) is 45.3 Å². The summed E-state index contributed by atoms with van der Waals surface area (Å²) < 4.78 is 6.44. The molecule has 0 fully saturated rings. The summed E-state index contributed by atoms with van der Waals surface area (Å²) in [5.74, 6) is 2.22. The summed E-state index contributed by atoms with van der Waals surface area (Å²) in [4.78, 5) is 25.0. The largest absolute Gasteiger partial charge is 0.393 e. The molecule has 1 unspecified atom stereocenters. The van der Waals surface area contributed by atoms with Gasteiger partial charge in [-0.25, -0.2) is 4.79 Å². The Morgan fingerprint density at radius 3 is 2.89 bits per heavy atom. The third kappa shape index (κ3) is 2.97.